The number of rotatable bonds is 5. The van der Waals surface area contributed by atoms with Gasteiger partial charge in [-0.1, -0.05) is 0 Å². The molecule has 0 saturated carbocycles. The summed E-state index contributed by atoms with van der Waals surface area (Å²) in [6, 6.07) is 0. The third-order valence-electron chi connectivity index (χ3n) is 1.16. The quantitative estimate of drug-likeness (QED) is 0.558. The van der Waals surface area contributed by atoms with Crippen LogP contribution >= 0.6 is 11.8 Å². The molecule has 0 amide bonds. The van der Waals surface area contributed by atoms with E-state index in [1.165, 1.54) is 0 Å². The van der Waals surface area contributed by atoms with Crippen LogP contribution in [0.1, 0.15) is 12.8 Å². The fourth-order valence-corrected chi connectivity index (χ4v) is 1.04. The van der Waals surface area contributed by atoms with Gasteiger partial charge in [0.05, 0.1) is 6.10 Å². The molecule has 0 aromatic rings. The van der Waals surface area contributed by atoms with Gasteiger partial charge in [-0.05, 0) is 24.9 Å². The molecule has 0 fully saturated rings. The lowest BCUT2D eigenvalue weighted by molar-refractivity contribution is 0.172. The van der Waals surface area contributed by atoms with Gasteiger partial charge >= 0.3 is 0 Å². The second-order valence-corrected chi connectivity index (χ2v) is 3.01. The highest BCUT2D eigenvalue weighted by Gasteiger charge is 1.98. The van der Waals surface area contributed by atoms with Crippen LogP contribution in [0.3, 0.4) is 0 Å². The van der Waals surface area contributed by atoms with E-state index in [2.05, 4.69) is 6.26 Å². The van der Waals surface area contributed by atoms with E-state index in [1.807, 2.05) is 0 Å². The second-order valence-electron chi connectivity index (χ2n) is 2.02. The first-order valence-electron chi connectivity index (χ1n) is 3.18. The van der Waals surface area contributed by atoms with Gasteiger partial charge in [-0.2, -0.15) is 11.8 Å². The highest BCUT2D eigenvalue weighted by atomic mass is 32.2. The van der Waals surface area contributed by atoms with Crippen LogP contribution in [0, 0.1) is 0 Å². The maximum absolute atomic E-state index is 8.95. The topological polar surface area (TPSA) is 46.2 Å². The molecule has 0 saturated heterocycles. The van der Waals surface area contributed by atoms with Crippen molar-refractivity contribution in [2.45, 2.75) is 18.9 Å². The van der Waals surface area contributed by atoms with Crippen LogP contribution in [0.5, 0.6) is 0 Å². The minimum atomic E-state index is -0.280. The van der Waals surface area contributed by atoms with Gasteiger partial charge in [0.25, 0.3) is 0 Å². The molecule has 1 atom stereocenters. The summed E-state index contributed by atoms with van der Waals surface area (Å²) >= 11 is 1.80. The zero-order chi connectivity index (χ0) is 7.11. The summed E-state index contributed by atoms with van der Waals surface area (Å²) in [6.45, 7) is 0.397. The summed E-state index contributed by atoms with van der Waals surface area (Å²) in [4.78, 5) is 0. The van der Waals surface area contributed by atoms with Crippen molar-refractivity contribution < 1.29 is 5.11 Å². The van der Waals surface area contributed by atoms with Crippen LogP contribution in [-0.2, 0) is 0 Å². The number of aliphatic hydroxyl groups is 1. The molecular formula is C6H15NOS. The van der Waals surface area contributed by atoms with Gasteiger partial charge in [0.15, 0.2) is 0 Å². The van der Waals surface area contributed by atoms with Crippen LogP contribution in [0.2, 0.25) is 0 Å². The van der Waals surface area contributed by atoms with E-state index >= 15 is 0 Å². The maximum atomic E-state index is 8.95. The molecule has 0 aliphatic rings. The lowest BCUT2D eigenvalue weighted by Gasteiger charge is -2.04. The third-order valence-corrected chi connectivity index (χ3v) is 1.85. The Morgan fingerprint density at radius 1 is 1.67 bits per heavy atom. The standard InChI is InChI=1S/C6H15NOS/c1-9-4-2-3-6(8)5-7/h6,8H,2-5,7H2,1H3. The normalized spacial score (nSPS) is 13.7. The van der Waals surface area contributed by atoms with Crippen molar-refractivity contribution in [3.05, 3.63) is 0 Å². The summed E-state index contributed by atoms with van der Waals surface area (Å²) in [6.07, 6.45) is 3.70. The Kier molecular flexibility index (Phi) is 6.58. The molecule has 0 heterocycles. The van der Waals surface area contributed by atoms with Crippen LogP contribution in [0.4, 0.5) is 0 Å². The number of nitrogens with two attached hydrogens (primary N) is 1. The van der Waals surface area contributed by atoms with Crippen LogP contribution in [-0.4, -0.2) is 29.8 Å². The Labute approximate surface area is 60.8 Å². The summed E-state index contributed by atoms with van der Waals surface area (Å²) in [5.41, 5.74) is 5.20. The lowest BCUT2D eigenvalue weighted by atomic mass is 10.2. The Morgan fingerprint density at radius 2 is 2.33 bits per heavy atom. The van der Waals surface area contributed by atoms with Gasteiger partial charge in [0, 0.05) is 6.54 Å². The zero-order valence-corrected chi connectivity index (χ0v) is 6.66. The predicted molar refractivity (Wildman–Crippen MR) is 42.7 cm³/mol. The molecule has 3 N–H and O–H groups in total. The summed E-state index contributed by atoms with van der Waals surface area (Å²) < 4.78 is 0. The van der Waals surface area contributed by atoms with Gasteiger partial charge in [0.1, 0.15) is 0 Å². The summed E-state index contributed by atoms with van der Waals surface area (Å²) in [5.74, 6) is 1.12. The van der Waals surface area contributed by atoms with Crippen molar-refractivity contribution in [2.24, 2.45) is 5.73 Å². The van der Waals surface area contributed by atoms with Crippen molar-refractivity contribution >= 4 is 11.8 Å². The van der Waals surface area contributed by atoms with E-state index in [1.54, 1.807) is 11.8 Å². The van der Waals surface area contributed by atoms with Crippen molar-refractivity contribution in [1.82, 2.24) is 0 Å². The summed E-state index contributed by atoms with van der Waals surface area (Å²) in [5, 5.41) is 8.95. The van der Waals surface area contributed by atoms with Crippen LogP contribution in [0.15, 0.2) is 0 Å². The lowest BCUT2D eigenvalue weighted by Crippen LogP contribution is -2.19. The van der Waals surface area contributed by atoms with Gasteiger partial charge in [-0.3, -0.25) is 0 Å². The Morgan fingerprint density at radius 3 is 2.78 bits per heavy atom. The molecule has 0 aromatic heterocycles. The molecule has 2 nitrogen and oxygen atoms in total. The fourth-order valence-electron chi connectivity index (χ4n) is 0.581. The average molecular weight is 149 g/mol. The van der Waals surface area contributed by atoms with E-state index in [9.17, 15) is 0 Å². The third kappa shape index (κ3) is 6.15. The predicted octanol–water partition coefficient (Wildman–Crippen LogP) is 0.449. The van der Waals surface area contributed by atoms with E-state index in [-0.39, 0.29) is 6.10 Å². The molecule has 56 valence electrons. The second kappa shape index (κ2) is 6.39. The highest BCUT2D eigenvalue weighted by Crippen LogP contribution is 2.01. The molecule has 3 heteroatoms. The first-order chi connectivity index (χ1) is 4.31. The number of hydrogen-bond acceptors (Lipinski definition) is 3. The van der Waals surface area contributed by atoms with E-state index in [0.717, 1.165) is 18.6 Å². The molecule has 9 heavy (non-hydrogen) atoms. The molecule has 0 aliphatic heterocycles. The maximum Gasteiger partial charge on any atom is 0.0662 e. The molecule has 0 bridgehead atoms. The number of aliphatic hydroxyl groups excluding tert-OH is 1. The molecule has 0 radical (unpaired) electrons. The Balaban J connectivity index is 2.88. The van der Waals surface area contributed by atoms with Crippen LogP contribution in [0.25, 0.3) is 0 Å². The van der Waals surface area contributed by atoms with Crippen molar-refractivity contribution in [1.29, 1.82) is 0 Å². The molecule has 0 aliphatic carbocycles. The van der Waals surface area contributed by atoms with Crippen molar-refractivity contribution in [3.63, 3.8) is 0 Å². The number of hydrogen-bond donors (Lipinski definition) is 2. The van der Waals surface area contributed by atoms with Gasteiger partial charge < -0.3 is 10.8 Å². The largest absolute Gasteiger partial charge is 0.392 e. The fraction of sp³-hybridized carbons (Fsp3) is 1.00. The SMILES string of the molecule is CSCCCC(O)CN. The van der Waals surface area contributed by atoms with Crippen molar-refractivity contribution in [3.8, 4) is 0 Å². The zero-order valence-electron chi connectivity index (χ0n) is 5.84. The van der Waals surface area contributed by atoms with Crippen molar-refractivity contribution in [2.75, 3.05) is 18.6 Å². The smallest absolute Gasteiger partial charge is 0.0662 e. The molecule has 0 rings (SSSR count). The van der Waals surface area contributed by atoms with Crippen LogP contribution < -0.4 is 5.73 Å². The first-order valence-corrected chi connectivity index (χ1v) is 4.57. The average Bonchev–Trinajstić information content (AvgIpc) is 1.89. The molecular weight excluding hydrogens is 134 g/mol. The molecule has 1 unspecified atom stereocenters. The van der Waals surface area contributed by atoms with E-state index < -0.39 is 0 Å². The van der Waals surface area contributed by atoms with Gasteiger partial charge in [-0.25, -0.2) is 0 Å². The minimum Gasteiger partial charge on any atom is -0.392 e. The Bertz CT molecular complexity index is 61.0. The highest BCUT2D eigenvalue weighted by molar-refractivity contribution is 7.98. The monoisotopic (exact) mass is 149 g/mol. The van der Waals surface area contributed by atoms with E-state index in [4.69, 9.17) is 10.8 Å². The molecule has 0 spiro atoms. The van der Waals surface area contributed by atoms with Gasteiger partial charge in [0.2, 0.25) is 0 Å². The molecule has 0 aromatic carbocycles. The number of thioether (sulfide) groups is 1. The Hall–Kier alpha value is 0.270. The first kappa shape index (κ1) is 9.27. The minimum absolute atomic E-state index is 0.280. The summed E-state index contributed by atoms with van der Waals surface area (Å²) in [7, 11) is 0. The van der Waals surface area contributed by atoms with Gasteiger partial charge in [-0.15, -0.1) is 0 Å². The van der Waals surface area contributed by atoms with E-state index in [0.29, 0.717) is 6.54 Å².